The lowest BCUT2D eigenvalue weighted by atomic mass is 9.81. The van der Waals surface area contributed by atoms with Crippen molar-refractivity contribution in [3.63, 3.8) is 0 Å². The van der Waals surface area contributed by atoms with Gasteiger partial charge in [0, 0.05) is 22.1 Å². The molecule has 10 aromatic carbocycles. The van der Waals surface area contributed by atoms with Crippen LogP contribution in [-0.4, -0.2) is 9.97 Å². The van der Waals surface area contributed by atoms with Crippen LogP contribution in [0.2, 0.25) is 0 Å². The fourth-order valence-electron chi connectivity index (χ4n) is 10.2. The smallest absolute Gasteiger partial charge is 0.160 e. The van der Waals surface area contributed by atoms with Crippen molar-refractivity contribution in [3.05, 3.63) is 230 Å². The van der Waals surface area contributed by atoms with Crippen LogP contribution in [-0.2, 0) is 5.41 Å². The maximum absolute atomic E-state index is 5.45. The first-order valence-corrected chi connectivity index (χ1v) is 21.8. The van der Waals surface area contributed by atoms with Gasteiger partial charge >= 0.3 is 0 Å². The first kappa shape index (κ1) is 36.9. The van der Waals surface area contributed by atoms with E-state index in [0.717, 1.165) is 50.3 Å². The summed E-state index contributed by atoms with van der Waals surface area (Å²) < 4.78 is 0. The number of hydrogen-bond donors (Lipinski definition) is 0. The third kappa shape index (κ3) is 6.09. The van der Waals surface area contributed by atoms with Crippen LogP contribution in [0.25, 0.3) is 111 Å². The number of rotatable bonds is 6. The van der Waals surface area contributed by atoms with Gasteiger partial charge in [0.05, 0.1) is 11.4 Å². The molecule has 0 fully saturated rings. The van der Waals surface area contributed by atoms with Gasteiger partial charge in [-0.3, -0.25) is 0 Å². The Labute approximate surface area is 367 Å². The summed E-state index contributed by atoms with van der Waals surface area (Å²) in [5.41, 5.74) is 17.1. The van der Waals surface area contributed by atoms with E-state index in [0.29, 0.717) is 5.82 Å². The molecule has 11 aromatic rings. The molecule has 0 saturated heterocycles. The Morgan fingerprint density at radius 2 is 0.841 bits per heavy atom. The van der Waals surface area contributed by atoms with E-state index in [1.807, 2.05) is 0 Å². The molecule has 296 valence electrons. The highest BCUT2D eigenvalue weighted by Crippen LogP contribution is 2.50. The summed E-state index contributed by atoms with van der Waals surface area (Å²) in [7, 11) is 0. The van der Waals surface area contributed by atoms with Crippen LogP contribution in [0.4, 0.5) is 0 Å². The lowest BCUT2D eigenvalue weighted by Crippen LogP contribution is -2.14. The van der Waals surface area contributed by atoms with Crippen LogP contribution in [0.5, 0.6) is 0 Å². The van der Waals surface area contributed by atoms with Crippen molar-refractivity contribution >= 4 is 32.3 Å². The predicted molar refractivity (Wildman–Crippen MR) is 265 cm³/mol. The highest BCUT2D eigenvalue weighted by atomic mass is 14.9. The molecule has 0 spiro atoms. The van der Waals surface area contributed by atoms with Crippen molar-refractivity contribution in [1.82, 2.24) is 9.97 Å². The minimum absolute atomic E-state index is 0.106. The quantitative estimate of drug-likeness (QED) is 0.124. The van der Waals surface area contributed by atoms with Crippen molar-refractivity contribution in [1.29, 1.82) is 0 Å². The summed E-state index contributed by atoms with van der Waals surface area (Å²) in [6, 6.07) is 79.1. The van der Waals surface area contributed by atoms with Crippen molar-refractivity contribution < 1.29 is 0 Å². The van der Waals surface area contributed by atoms with E-state index in [1.165, 1.54) is 65.7 Å². The summed E-state index contributed by atoms with van der Waals surface area (Å²) in [4.78, 5) is 10.8. The van der Waals surface area contributed by atoms with Crippen LogP contribution in [0, 0.1) is 0 Å². The molecular formula is C61H42N2. The second kappa shape index (κ2) is 14.6. The zero-order valence-corrected chi connectivity index (χ0v) is 35.2. The molecule has 1 heterocycles. The molecule has 1 aliphatic carbocycles. The van der Waals surface area contributed by atoms with Crippen molar-refractivity contribution in [3.8, 4) is 78.4 Å². The Kier molecular flexibility index (Phi) is 8.55. The summed E-state index contributed by atoms with van der Waals surface area (Å²) in [6.07, 6.45) is 0. The van der Waals surface area contributed by atoms with Gasteiger partial charge in [-0.1, -0.05) is 214 Å². The van der Waals surface area contributed by atoms with Crippen LogP contribution in [0.15, 0.2) is 218 Å². The number of nitrogens with zero attached hydrogens (tertiary/aromatic N) is 2. The third-order valence-electron chi connectivity index (χ3n) is 13.3. The Morgan fingerprint density at radius 1 is 0.302 bits per heavy atom. The average Bonchev–Trinajstić information content (AvgIpc) is 3.58. The van der Waals surface area contributed by atoms with Gasteiger partial charge in [0.2, 0.25) is 0 Å². The monoisotopic (exact) mass is 802 g/mol. The fraction of sp³-hybridized carbons (Fsp3) is 0.0492. The van der Waals surface area contributed by atoms with Gasteiger partial charge in [0.15, 0.2) is 5.82 Å². The second-order valence-corrected chi connectivity index (χ2v) is 17.3. The van der Waals surface area contributed by atoms with E-state index in [1.54, 1.807) is 0 Å². The summed E-state index contributed by atoms with van der Waals surface area (Å²) in [5, 5.41) is 7.48. The first-order valence-electron chi connectivity index (χ1n) is 21.8. The molecule has 0 atom stereocenters. The highest BCUT2D eigenvalue weighted by Gasteiger charge is 2.35. The van der Waals surface area contributed by atoms with Crippen molar-refractivity contribution in [2.45, 2.75) is 19.3 Å². The minimum atomic E-state index is -0.106. The maximum Gasteiger partial charge on any atom is 0.160 e. The normalized spacial score (nSPS) is 12.7. The Balaban J connectivity index is 1.03. The molecule has 63 heavy (non-hydrogen) atoms. The molecule has 0 bridgehead atoms. The molecule has 0 saturated carbocycles. The van der Waals surface area contributed by atoms with Crippen LogP contribution >= 0.6 is 0 Å². The lowest BCUT2D eigenvalue weighted by molar-refractivity contribution is 0.660. The fourth-order valence-corrected chi connectivity index (χ4v) is 10.2. The zero-order chi connectivity index (χ0) is 42.1. The molecule has 1 aliphatic rings. The molecule has 0 unspecified atom stereocenters. The third-order valence-corrected chi connectivity index (χ3v) is 13.3. The second-order valence-electron chi connectivity index (χ2n) is 17.3. The van der Waals surface area contributed by atoms with Gasteiger partial charge in [0.1, 0.15) is 0 Å². The van der Waals surface area contributed by atoms with Gasteiger partial charge in [0.25, 0.3) is 0 Å². The number of hydrogen-bond acceptors (Lipinski definition) is 2. The Morgan fingerprint density at radius 3 is 1.57 bits per heavy atom. The first-order chi connectivity index (χ1) is 31.0. The molecule has 2 heteroatoms. The number of fused-ring (bicyclic) bond motifs is 7. The van der Waals surface area contributed by atoms with Crippen LogP contribution in [0.1, 0.15) is 25.0 Å². The van der Waals surface area contributed by atoms with E-state index in [2.05, 4.69) is 232 Å². The molecule has 0 amide bonds. The molecule has 2 nitrogen and oxygen atoms in total. The predicted octanol–water partition coefficient (Wildman–Crippen LogP) is 16.2. The lowest BCUT2D eigenvalue weighted by Gasteiger charge is -2.22. The van der Waals surface area contributed by atoms with Crippen LogP contribution < -0.4 is 0 Å². The topological polar surface area (TPSA) is 25.8 Å². The van der Waals surface area contributed by atoms with Gasteiger partial charge in [-0.05, 0) is 106 Å². The molecule has 1 aromatic heterocycles. The van der Waals surface area contributed by atoms with Crippen molar-refractivity contribution in [2.75, 3.05) is 0 Å². The van der Waals surface area contributed by atoms with Gasteiger partial charge < -0.3 is 0 Å². The Bertz CT molecular complexity index is 3580. The summed E-state index contributed by atoms with van der Waals surface area (Å²) in [6.45, 7) is 4.69. The molecule has 0 radical (unpaired) electrons. The largest absolute Gasteiger partial charge is 0.228 e. The molecule has 12 rings (SSSR count). The number of benzene rings is 10. The SMILES string of the molecule is CC1(C)c2ccccc2-c2ccc(-c3ccccc3-c3cc(-c4ccccc4-c4ccccc4)nc(-c4ccc(-c5c6ccccc6cc6c5ccc5ccccc56)cc4)n3)cc21. The summed E-state index contributed by atoms with van der Waals surface area (Å²) in [5.74, 6) is 0.686. The molecular weight excluding hydrogens is 761 g/mol. The van der Waals surface area contributed by atoms with E-state index >= 15 is 0 Å². The Hall–Kier alpha value is -7.94. The molecule has 0 aliphatic heterocycles. The number of aromatic nitrogens is 2. The van der Waals surface area contributed by atoms with Crippen LogP contribution in [0.3, 0.4) is 0 Å². The minimum Gasteiger partial charge on any atom is -0.228 e. The van der Waals surface area contributed by atoms with E-state index in [-0.39, 0.29) is 5.41 Å². The standard InChI is InChI=1S/C61H42N2/c1-61(2)55-27-15-14-24-49(55)50-34-33-44(37-56(50)61)47-22-11-13-26-52(47)58-38-57(51-25-12-10-20-45(51)39-16-4-3-5-17-39)62-60(63-58)42-30-28-41(29-31-42)59-48-23-9-7-19-43(48)36-54-46-21-8-6-18-40(46)32-35-53(54)59/h3-38H,1-2H3. The van der Waals surface area contributed by atoms with E-state index in [9.17, 15) is 0 Å². The average molecular weight is 803 g/mol. The van der Waals surface area contributed by atoms with E-state index < -0.39 is 0 Å². The van der Waals surface area contributed by atoms with E-state index in [4.69, 9.17) is 9.97 Å². The van der Waals surface area contributed by atoms with Gasteiger partial charge in [-0.15, -0.1) is 0 Å². The van der Waals surface area contributed by atoms with Crippen molar-refractivity contribution in [2.24, 2.45) is 0 Å². The maximum atomic E-state index is 5.45. The highest BCUT2D eigenvalue weighted by molar-refractivity contribution is 6.20. The summed E-state index contributed by atoms with van der Waals surface area (Å²) >= 11 is 0. The van der Waals surface area contributed by atoms with Gasteiger partial charge in [-0.25, -0.2) is 9.97 Å². The molecule has 0 N–H and O–H groups in total. The zero-order valence-electron chi connectivity index (χ0n) is 35.2. The van der Waals surface area contributed by atoms with Gasteiger partial charge in [-0.2, -0.15) is 0 Å².